The van der Waals surface area contributed by atoms with Crippen LogP contribution in [0.25, 0.3) is 11.2 Å². The Morgan fingerprint density at radius 3 is 2.27 bits per heavy atom. The zero-order valence-corrected chi connectivity index (χ0v) is 26.0. The number of H-pyrrole nitrogens is 1. The van der Waals surface area contributed by atoms with E-state index in [1.807, 2.05) is 6.92 Å². The number of imidazole rings is 1. The highest BCUT2D eigenvalue weighted by molar-refractivity contribution is 7.86. The van der Waals surface area contributed by atoms with Crippen molar-refractivity contribution >= 4 is 33.2 Å². The lowest BCUT2D eigenvalue weighted by molar-refractivity contribution is -0.137. The van der Waals surface area contributed by atoms with Crippen LogP contribution in [0.2, 0.25) is 0 Å². The zero-order valence-electron chi connectivity index (χ0n) is 25.2. The van der Waals surface area contributed by atoms with E-state index in [-0.39, 0.29) is 54.2 Å². The van der Waals surface area contributed by atoms with Crippen LogP contribution in [0.1, 0.15) is 80.9 Å². The van der Waals surface area contributed by atoms with Crippen molar-refractivity contribution in [2.75, 3.05) is 13.1 Å². The first kappa shape index (κ1) is 32.2. The molecule has 6 rings (SSSR count). The van der Waals surface area contributed by atoms with E-state index in [0.717, 1.165) is 37.8 Å². The summed E-state index contributed by atoms with van der Waals surface area (Å²) in [5.74, 6) is 2.61. The molecule has 0 atom stereocenters. The second kappa shape index (κ2) is 12.6. The molecule has 3 aromatic rings. The van der Waals surface area contributed by atoms with E-state index in [1.54, 1.807) is 0 Å². The molecule has 2 heterocycles. The number of fused-ring (bicyclic) bond motifs is 4. The third-order valence-corrected chi connectivity index (χ3v) is 10.3. The third kappa shape index (κ3) is 6.18. The predicted molar refractivity (Wildman–Crippen MR) is 165 cm³/mol. The lowest BCUT2D eigenvalue weighted by Gasteiger charge is -2.51. The third-order valence-electron chi connectivity index (χ3n) is 9.42. The Bertz CT molecular complexity index is 1860. The number of hydrogen-bond acceptors (Lipinski definition) is 7. The smallest absolute Gasteiger partial charge is 0.332 e. The number of benzene rings is 1. The Hall–Kier alpha value is -4.25. The number of carbonyl (C=O) groups excluding carboxylic acids is 2. The second-order valence-electron chi connectivity index (χ2n) is 12.0. The largest absolute Gasteiger partial charge is 0.352 e. The van der Waals surface area contributed by atoms with Crippen molar-refractivity contribution in [1.29, 1.82) is 0 Å². The Balaban J connectivity index is 1.36. The number of hydrogen-bond donors (Lipinski definition) is 3. The van der Waals surface area contributed by atoms with Crippen LogP contribution in [0, 0.1) is 17.8 Å². The van der Waals surface area contributed by atoms with Crippen molar-refractivity contribution in [3.63, 3.8) is 0 Å². The Morgan fingerprint density at radius 2 is 1.67 bits per heavy atom. The number of nitrogens with one attached hydrogen (secondary N) is 3. The molecule has 3 aliphatic rings. The maximum atomic E-state index is 13.6. The van der Waals surface area contributed by atoms with Gasteiger partial charge in [-0.1, -0.05) is 19.3 Å². The van der Waals surface area contributed by atoms with Gasteiger partial charge in [-0.05, 0) is 75.6 Å². The van der Waals surface area contributed by atoms with Crippen LogP contribution in [0.5, 0.6) is 0 Å². The number of nitrogens with zero attached hydrogens (tertiary/aromatic N) is 3. The van der Waals surface area contributed by atoms with E-state index in [4.69, 9.17) is 11.4 Å². The van der Waals surface area contributed by atoms with Gasteiger partial charge in [0.15, 0.2) is 5.65 Å². The van der Waals surface area contributed by atoms with E-state index in [0.29, 0.717) is 37.9 Å². The van der Waals surface area contributed by atoms with Crippen molar-refractivity contribution in [1.82, 2.24) is 29.7 Å². The Morgan fingerprint density at radius 1 is 1.02 bits per heavy atom. The van der Waals surface area contributed by atoms with Gasteiger partial charge in [0.1, 0.15) is 11.3 Å². The summed E-state index contributed by atoms with van der Waals surface area (Å²) >= 11 is 0. The molecule has 45 heavy (non-hydrogen) atoms. The average molecular weight is 641 g/mol. The fourth-order valence-corrected chi connectivity index (χ4v) is 7.10. The lowest BCUT2D eigenvalue weighted by atomic mass is 9.53. The Labute approximate surface area is 260 Å². The van der Waals surface area contributed by atoms with Crippen molar-refractivity contribution in [2.45, 2.75) is 88.1 Å². The SMILES string of the molecule is C#CCNC(=O)C12CCC(c3nc4c([nH]3)c(=O)n(CCCC)c(=O)n4CCCNC(=O)c3ccc(S(=O)(=O)F)cc3)(CC1)CC2. The lowest BCUT2D eigenvalue weighted by Crippen LogP contribution is -2.52. The van der Waals surface area contributed by atoms with Crippen molar-refractivity contribution in [3.05, 3.63) is 56.5 Å². The molecule has 12 nitrogen and oxygen atoms in total. The number of rotatable bonds is 12. The van der Waals surface area contributed by atoms with Gasteiger partial charge in [-0.25, -0.2) is 9.78 Å². The van der Waals surface area contributed by atoms with Gasteiger partial charge in [-0.15, -0.1) is 10.3 Å². The van der Waals surface area contributed by atoms with E-state index < -0.39 is 37.7 Å². The molecule has 3 fully saturated rings. The quantitative estimate of drug-likeness (QED) is 0.155. The molecule has 0 spiro atoms. The van der Waals surface area contributed by atoms with E-state index in [2.05, 4.69) is 21.5 Å². The first-order valence-corrected chi connectivity index (χ1v) is 16.6. The van der Waals surface area contributed by atoms with Gasteiger partial charge in [0.05, 0.1) is 11.4 Å². The van der Waals surface area contributed by atoms with Gasteiger partial charge in [-0.3, -0.25) is 23.5 Å². The molecule has 2 aromatic heterocycles. The van der Waals surface area contributed by atoms with Crippen LogP contribution in [-0.4, -0.2) is 52.4 Å². The van der Waals surface area contributed by atoms with Crippen molar-refractivity contribution < 1.29 is 21.9 Å². The average Bonchev–Trinajstić information content (AvgIpc) is 3.50. The van der Waals surface area contributed by atoms with Crippen LogP contribution in [0.15, 0.2) is 38.8 Å². The zero-order chi connectivity index (χ0) is 32.4. The topological polar surface area (TPSA) is 165 Å². The molecule has 2 amide bonds. The number of terminal acetylenes is 1. The summed E-state index contributed by atoms with van der Waals surface area (Å²) in [5.41, 5.74) is -0.985. The van der Waals surface area contributed by atoms with Gasteiger partial charge in [0.2, 0.25) is 5.91 Å². The van der Waals surface area contributed by atoms with Crippen LogP contribution in [-0.2, 0) is 33.5 Å². The number of halogens is 1. The number of aromatic nitrogens is 4. The molecule has 3 aliphatic carbocycles. The van der Waals surface area contributed by atoms with Gasteiger partial charge >= 0.3 is 15.9 Å². The normalized spacial score (nSPS) is 21.0. The number of unbranched alkanes of at least 4 members (excludes halogenated alkanes) is 1. The summed E-state index contributed by atoms with van der Waals surface area (Å²) in [7, 11) is -4.87. The molecule has 1 aromatic carbocycles. The van der Waals surface area contributed by atoms with Crippen LogP contribution >= 0.6 is 0 Å². The standard InChI is InChI=1S/C31H37FN6O6S/c1-3-5-19-38-26(40)23-24(36-27(35-23)30-11-14-31(15-12-30,16-13-30)28(41)34-17-4-2)37(29(38)42)20-6-18-33-25(39)21-7-9-22(10-8-21)45(32,43)44/h2,7-10H,3,5-6,11-20H2,1H3,(H,33,39)(H,34,41)(H,35,36). The van der Waals surface area contributed by atoms with Gasteiger partial charge in [0.25, 0.3) is 11.5 Å². The van der Waals surface area contributed by atoms with Gasteiger partial charge in [0, 0.05) is 36.0 Å². The van der Waals surface area contributed by atoms with E-state index >= 15 is 0 Å². The summed E-state index contributed by atoms with van der Waals surface area (Å²) in [5, 5.41) is 5.56. The van der Waals surface area contributed by atoms with E-state index in [1.165, 1.54) is 21.3 Å². The fourth-order valence-electron chi connectivity index (χ4n) is 6.64. The summed E-state index contributed by atoms with van der Waals surface area (Å²) in [6, 6.07) is 4.46. The summed E-state index contributed by atoms with van der Waals surface area (Å²) < 4.78 is 37.9. The highest BCUT2D eigenvalue weighted by atomic mass is 32.3. The minimum Gasteiger partial charge on any atom is -0.352 e. The number of aromatic amines is 1. The highest BCUT2D eigenvalue weighted by Crippen LogP contribution is 2.57. The van der Waals surface area contributed by atoms with Gasteiger partial charge < -0.3 is 15.6 Å². The molecule has 3 N–H and O–H groups in total. The minimum atomic E-state index is -4.87. The molecule has 0 radical (unpaired) electrons. The molecule has 3 saturated carbocycles. The van der Waals surface area contributed by atoms with Crippen LogP contribution in [0.3, 0.4) is 0 Å². The maximum Gasteiger partial charge on any atom is 0.332 e. The molecule has 240 valence electrons. The summed E-state index contributed by atoms with van der Waals surface area (Å²) in [4.78, 5) is 60.1. The van der Waals surface area contributed by atoms with Crippen molar-refractivity contribution in [3.8, 4) is 12.3 Å². The molecule has 0 saturated heterocycles. The summed E-state index contributed by atoms with van der Waals surface area (Å²) in [6.07, 6.45) is 11.3. The maximum absolute atomic E-state index is 13.6. The van der Waals surface area contributed by atoms with Gasteiger partial charge in [-0.2, -0.15) is 8.42 Å². The molecule has 0 aliphatic heterocycles. The highest BCUT2D eigenvalue weighted by Gasteiger charge is 2.54. The summed E-state index contributed by atoms with van der Waals surface area (Å²) in [6.45, 7) is 2.79. The predicted octanol–water partition coefficient (Wildman–Crippen LogP) is 2.51. The number of amides is 2. The first-order valence-electron chi connectivity index (χ1n) is 15.2. The molecular formula is C31H37FN6O6S. The van der Waals surface area contributed by atoms with Crippen LogP contribution < -0.4 is 21.9 Å². The monoisotopic (exact) mass is 640 g/mol. The number of carbonyl (C=O) groups is 2. The number of aryl methyl sites for hydroxylation is 1. The Kier molecular flexibility index (Phi) is 9.02. The van der Waals surface area contributed by atoms with Crippen molar-refractivity contribution in [2.24, 2.45) is 5.41 Å². The molecule has 14 heteroatoms. The van der Waals surface area contributed by atoms with E-state index in [9.17, 15) is 31.5 Å². The second-order valence-corrected chi connectivity index (χ2v) is 13.4. The molecular weight excluding hydrogens is 603 g/mol. The first-order chi connectivity index (χ1) is 21.4. The molecule has 2 bridgehead atoms. The van der Waals surface area contributed by atoms with Crippen LogP contribution in [0.4, 0.5) is 3.89 Å². The molecule has 0 unspecified atom stereocenters. The minimum absolute atomic E-state index is 0.0113. The fraction of sp³-hybridized carbons (Fsp3) is 0.516.